The molecule has 120 valence electrons. The summed E-state index contributed by atoms with van der Waals surface area (Å²) in [6.45, 7) is 10.1. The van der Waals surface area contributed by atoms with Crippen LogP contribution in [0, 0.1) is 0 Å². The Hall–Kier alpha value is -2.55. The van der Waals surface area contributed by atoms with Gasteiger partial charge in [-0.25, -0.2) is 4.79 Å². The third-order valence-electron chi connectivity index (χ3n) is 3.84. The lowest BCUT2D eigenvalue weighted by molar-refractivity contribution is -0.129. The molecule has 0 unspecified atom stereocenters. The highest BCUT2D eigenvalue weighted by Gasteiger charge is 2.24. The van der Waals surface area contributed by atoms with Crippen LogP contribution in [0.2, 0.25) is 0 Å². The summed E-state index contributed by atoms with van der Waals surface area (Å²) in [7, 11) is 0. The summed E-state index contributed by atoms with van der Waals surface area (Å²) >= 11 is 0. The molecular weight excluding hydrogens is 288 g/mol. The zero-order valence-corrected chi connectivity index (χ0v) is 13.8. The van der Waals surface area contributed by atoms with E-state index in [1.165, 1.54) is 5.56 Å². The summed E-state index contributed by atoms with van der Waals surface area (Å²) in [5.74, 6) is 0.467. The molecule has 0 heterocycles. The number of carbonyl (C=O) groups is 1. The molecule has 0 N–H and O–H groups in total. The predicted octanol–water partition coefficient (Wildman–Crippen LogP) is 4.50. The molecular formula is C20H22O3. The normalized spacial score (nSPS) is 10.9. The molecule has 0 aliphatic heterocycles. The van der Waals surface area contributed by atoms with Crippen molar-refractivity contribution in [1.82, 2.24) is 0 Å². The second-order valence-corrected chi connectivity index (χ2v) is 5.71. The number of hydrogen-bond acceptors (Lipinski definition) is 3. The molecule has 2 aromatic rings. The van der Waals surface area contributed by atoms with Crippen molar-refractivity contribution in [2.45, 2.75) is 26.2 Å². The Balaban J connectivity index is 2.42. The third kappa shape index (κ3) is 3.81. The average molecular weight is 310 g/mol. The molecule has 0 saturated carbocycles. The highest BCUT2D eigenvalue weighted by molar-refractivity contribution is 5.83. The highest BCUT2D eigenvalue weighted by Crippen LogP contribution is 2.37. The minimum absolute atomic E-state index is 0.186. The van der Waals surface area contributed by atoms with Gasteiger partial charge in [-0.1, -0.05) is 56.8 Å². The molecule has 0 bridgehead atoms. The Morgan fingerprint density at radius 2 is 1.78 bits per heavy atom. The van der Waals surface area contributed by atoms with Crippen LogP contribution in [0.25, 0.3) is 0 Å². The van der Waals surface area contributed by atoms with Crippen molar-refractivity contribution in [1.29, 1.82) is 0 Å². The molecule has 2 rings (SSSR count). The molecule has 0 atom stereocenters. The van der Waals surface area contributed by atoms with Crippen LogP contribution in [-0.4, -0.2) is 12.6 Å². The molecule has 0 saturated heterocycles. The van der Waals surface area contributed by atoms with Gasteiger partial charge in [0.25, 0.3) is 0 Å². The minimum Gasteiger partial charge on any atom is -0.490 e. The number of esters is 1. The van der Waals surface area contributed by atoms with Crippen LogP contribution in [-0.2, 0) is 10.2 Å². The smallest absolute Gasteiger partial charge is 0.335 e. The monoisotopic (exact) mass is 310 g/mol. The van der Waals surface area contributed by atoms with Crippen molar-refractivity contribution in [2.24, 2.45) is 0 Å². The van der Waals surface area contributed by atoms with Crippen molar-refractivity contribution < 1.29 is 14.3 Å². The van der Waals surface area contributed by atoms with E-state index in [0.29, 0.717) is 18.1 Å². The number of hydrogen-bond donors (Lipinski definition) is 0. The molecule has 0 aliphatic carbocycles. The van der Waals surface area contributed by atoms with Gasteiger partial charge in [-0.3, -0.25) is 0 Å². The van der Waals surface area contributed by atoms with E-state index in [0.717, 1.165) is 11.6 Å². The average Bonchev–Trinajstić information content (AvgIpc) is 2.57. The van der Waals surface area contributed by atoms with E-state index in [-0.39, 0.29) is 5.41 Å². The van der Waals surface area contributed by atoms with E-state index in [9.17, 15) is 4.79 Å². The van der Waals surface area contributed by atoms with Crippen LogP contribution in [0.15, 0.2) is 61.2 Å². The molecule has 0 radical (unpaired) electrons. The Bertz CT molecular complexity index is 687. The zero-order valence-electron chi connectivity index (χ0n) is 13.8. The Morgan fingerprint density at radius 3 is 2.39 bits per heavy atom. The van der Waals surface area contributed by atoms with Crippen LogP contribution in [0.4, 0.5) is 0 Å². The first-order chi connectivity index (χ1) is 11.0. The standard InChI is InChI=1S/C20H22O3/c1-5-19(21)23-17-13-12-16(14-18(17)22-6-2)20(3,4)15-10-8-7-9-11-15/h5,7-14H,1,6H2,2-4H3. The lowest BCUT2D eigenvalue weighted by Gasteiger charge is -2.27. The van der Waals surface area contributed by atoms with Crippen molar-refractivity contribution in [3.05, 3.63) is 72.3 Å². The van der Waals surface area contributed by atoms with E-state index >= 15 is 0 Å². The molecule has 23 heavy (non-hydrogen) atoms. The first kappa shape index (κ1) is 16.8. The maximum Gasteiger partial charge on any atom is 0.335 e. The molecule has 0 amide bonds. The Morgan fingerprint density at radius 1 is 1.09 bits per heavy atom. The van der Waals surface area contributed by atoms with Crippen molar-refractivity contribution >= 4 is 5.97 Å². The van der Waals surface area contributed by atoms with Crippen LogP contribution < -0.4 is 9.47 Å². The van der Waals surface area contributed by atoms with Crippen LogP contribution in [0.5, 0.6) is 11.5 Å². The first-order valence-corrected chi connectivity index (χ1v) is 7.66. The Labute approximate surface area is 137 Å². The Kier molecular flexibility index (Phi) is 5.22. The van der Waals surface area contributed by atoms with E-state index in [1.807, 2.05) is 37.3 Å². The topological polar surface area (TPSA) is 35.5 Å². The van der Waals surface area contributed by atoms with Gasteiger partial charge in [0.15, 0.2) is 11.5 Å². The fourth-order valence-corrected chi connectivity index (χ4v) is 2.42. The van der Waals surface area contributed by atoms with Gasteiger partial charge >= 0.3 is 5.97 Å². The van der Waals surface area contributed by atoms with E-state index in [2.05, 4.69) is 32.6 Å². The van der Waals surface area contributed by atoms with Gasteiger partial charge in [0.2, 0.25) is 0 Å². The molecule has 3 heteroatoms. The molecule has 3 nitrogen and oxygen atoms in total. The quantitative estimate of drug-likeness (QED) is 0.447. The SMILES string of the molecule is C=CC(=O)Oc1ccc(C(C)(C)c2ccccc2)cc1OCC. The van der Waals surface area contributed by atoms with E-state index < -0.39 is 5.97 Å². The lowest BCUT2D eigenvalue weighted by Crippen LogP contribution is -2.19. The number of rotatable bonds is 6. The molecule has 0 fully saturated rings. The van der Waals surface area contributed by atoms with Gasteiger partial charge in [0.1, 0.15) is 0 Å². The second kappa shape index (κ2) is 7.14. The first-order valence-electron chi connectivity index (χ1n) is 7.66. The summed E-state index contributed by atoms with van der Waals surface area (Å²) in [5, 5.41) is 0. The highest BCUT2D eigenvalue weighted by atomic mass is 16.6. The van der Waals surface area contributed by atoms with Gasteiger partial charge < -0.3 is 9.47 Å². The second-order valence-electron chi connectivity index (χ2n) is 5.71. The van der Waals surface area contributed by atoms with Crippen LogP contribution in [0.3, 0.4) is 0 Å². The van der Waals surface area contributed by atoms with Gasteiger partial charge in [-0.05, 0) is 30.2 Å². The van der Waals surface area contributed by atoms with Crippen molar-refractivity contribution in [2.75, 3.05) is 6.61 Å². The molecule has 2 aromatic carbocycles. The minimum atomic E-state index is -0.499. The van der Waals surface area contributed by atoms with Gasteiger partial charge in [-0.2, -0.15) is 0 Å². The van der Waals surface area contributed by atoms with E-state index in [4.69, 9.17) is 9.47 Å². The fourth-order valence-electron chi connectivity index (χ4n) is 2.42. The summed E-state index contributed by atoms with van der Waals surface area (Å²) in [6, 6.07) is 15.9. The zero-order chi connectivity index (χ0) is 16.9. The maximum atomic E-state index is 11.4. The summed E-state index contributed by atoms with van der Waals surface area (Å²) in [6.07, 6.45) is 1.14. The van der Waals surface area contributed by atoms with E-state index in [1.54, 1.807) is 6.07 Å². The molecule has 0 spiro atoms. The predicted molar refractivity (Wildman–Crippen MR) is 92.0 cm³/mol. The van der Waals surface area contributed by atoms with Gasteiger partial charge in [0.05, 0.1) is 6.61 Å². The number of carbonyl (C=O) groups excluding carboxylic acids is 1. The number of ether oxygens (including phenoxy) is 2. The summed E-state index contributed by atoms with van der Waals surface area (Å²) < 4.78 is 10.9. The fraction of sp³-hybridized carbons (Fsp3) is 0.250. The molecule has 0 aromatic heterocycles. The lowest BCUT2D eigenvalue weighted by atomic mass is 9.78. The third-order valence-corrected chi connectivity index (χ3v) is 3.84. The summed E-state index contributed by atoms with van der Waals surface area (Å²) in [5.41, 5.74) is 2.11. The van der Waals surface area contributed by atoms with Gasteiger partial charge in [0, 0.05) is 11.5 Å². The van der Waals surface area contributed by atoms with Crippen LogP contribution in [0.1, 0.15) is 31.9 Å². The van der Waals surface area contributed by atoms with Crippen molar-refractivity contribution in [3.8, 4) is 11.5 Å². The molecule has 0 aliphatic rings. The van der Waals surface area contributed by atoms with Crippen molar-refractivity contribution in [3.63, 3.8) is 0 Å². The van der Waals surface area contributed by atoms with Gasteiger partial charge in [-0.15, -0.1) is 0 Å². The maximum absolute atomic E-state index is 11.4. The largest absolute Gasteiger partial charge is 0.490 e. The summed E-state index contributed by atoms with van der Waals surface area (Å²) in [4.78, 5) is 11.4. The van der Waals surface area contributed by atoms with Crippen LogP contribution >= 0.6 is 0 Å². The number of benzene rings is 2.